The van der Waals surface area contributed by atoms with E-state index in [0.29, 0.717) is 15.8 Å². The van der Waals surface area contributed by atoms with E-state index in [-0.39, 0.29) is 5.91 Å². The number of hydrogen-bond donors (Lipinski definition) is 0. The summed E-state index contributed by atoms with van der Waals surface area (Å²) in [5, 5.41) is 0. The first-order valence-electron chi connectivity index (χ1n) is 13.2. The molecule has 0 unspecified atom stereocenters. The number of hydrogen-bond acceptors (Lipinski definition) is 5. The maximum Gasteiger partial charge on any atom is 0.270 e. The summed E-state index contributed by atoms with van der Waals surface area (Å²) in [6.45, 7) is 4.20. The van der Waals surface area contributed by atoms with Crippen LogP contribution in [0.3, 0.4) is 0 Å². The highest BCUT2D eigenvalue weighted by atomic mass is 32.2. The SMILES string of the molecule is O=C1C(=CC=C(c2ccccc2)c2ccccc2)SC(=S)N1c1ccc(OCCCN2CCCCC2)cc1. The number of ether oxygens (including phenoxy) is 1. The van der Waals surface area contributed by atoms with E-state index in [9.17, 15) is 4.79 Å². The van der Waals surface area contributed by atoms with Crippen molar-refractivity contribution in [3.8, 4) is 5.75 Å². The van der Waals surface area contributed by atoms with Crippen LogP contribution in [-0.4, -0.2) is 41.4 Å². The number of rotatable bonds is 9. The molecule has 6 heteroatoms. The third-order valence-corrected chi connectivity index (χ3v) is 8.12. The molecule has 1 amide bonds. The number of carbonyl (C=O) groups excluding carboxylic acids is 1. The number of benzene rings is 3. The number of piperidine rings is 1. The summed E-state index contributed by atoms with van der Waals surface area (Å²) in [5.74, 6) is 0.707. The Morgan fingerprint density at radius 1 is 0.868 bits per heavy atom. The van der Waals surface area contributed by atoms with Gasteiger partial charge in [-0.2, -0.15) is 0 Å². The number of allylic oxidation sites excluding steroid dienone is 2. The van der Waals surface area contributed by atoms with Crippen molar-refractivity contribution in [2.45, 2.75) is 25.7 Å². The van der Waals surface area contributed by atoms with Crippen LogP contribution in [0.15, 0.2) is 102 Å². The van der Waals surface area contributed by atoms with Gasteiger partial charge < -0.3 is 9.64 Å². The van der Waals surface area contributed by atoms with Crippen molar-refractivity contribution in [3.63, 3.8) is 0 Å². The number of anilines is 1. The fraction of sp³-hybridized carbons (Fsp3) is 0.250. The zero-order valence-electron chi connectivity index (χ0n) is 21.4. The molecule has 2 heterocycles. The van der Waals surface area contributed by atoms with E-state index >= 15 is 0 Å². The lowest BCUT2D eigenvalue weighted by molar-refractivity contribution is -0.113. The summed E-state index contributed by atoms with van der Waals surface area (Å²) < 4.78 is 6.48. The van der Waals surface area contributed by atoms with E-state index in [1.54, 1.807) is 4.90 Å². The number of amides is 1. The molecule has 0 aromatic heterocycles. The van der Waals surface area contributed by atoms with Crippen molar-refractivity contribution < 1.29 is 9.53 Å². The van der Waals surface area contributed by atoms with Crippen molar-refractivity contribution in [2.75, 3.05) is 31.1 Å². The third kappa shape index (κ3) is 6.62. The Bertz CT molecular complexity index is 1260. The molecule has 2 aliphatic heterocycles. The van der Waals surface area contributed by atoms with Crippen molar-refractivity contribution in [1.29, 1.82) is 0 Å². The van der Waals surface area contributed by atoms with Crippen molar-refractivity contribution in [2.24, 2.45) is 0 Å². The zero-order chi connectivity index (χ0) is 26.2. The third-order valence-electron chi connectivity index (χ3n) is 6.80. The number of thiocarbonyl (C=S) groups is 1. The first kappa shape index (κ1) is 26.4. The van der Waals surface area contributed by atoms with Crippen LogP contribution in [0, 0.1) is 0 Å². The van der Waals surface area contributed by atoms with Gasteiger partial charge in [0.2, 0.25) is 0 Å². The largest absolute Gasteiger partial charge is 0.494 e. The van der Waals surface area contributed by atoms with E-state index in [2.05, 4.69) is 29.2 Å². The van der Waals surface area contributed by atoms with E-state index in [1.165, 1.54) is 44.1 Å². The predicted molar refractivity (Wildman–Crippen MR) is 163 cm³/mol. The second-order valence-electron chi connectivity index (χ2n) is 9.45. The molecule has 0 atom stereocenters. The topological polar surface area (TPSA) is 32.8 Å². The quantitative estimate of drug-likeness (QED) is 0.161. The Morgan fingerprint density at radius 2 is 1.50 bits per heavy atom. The Hall–Kier alpha value is -3.19. The van der Waals surface area contributed by atoms with Crippen LogP contribution in [-0.2, 0) is 4.79 Å². The molecule has 4 nitrogen and oxygen atoms in total. The van der Waals surface area contributed by atoms with Gasteiger partial charge in [0.25, 0.3) is 5.91 Å². The Labute approximate surface area is 235 Å². The summed E-state index contributed by atoms with van der Waals surface area (Å²) in [4.78, 5) is 18.1. The van der Waals surface area contributed by atoms with Crippen molar-refractivity contribution in [3.05, 3.63) is 113 Å². The fourth-order valence-corrected chi connectivity index (χ4v) is 6.05. The minimum absolute atomic E-state index is 0.105. The number of carbonyl (C=O) groups is 1. The van der Waals surface area contributed by atoms with Gasteiger partial charge in [0, 0.05) is 6.54 Å². The molecule has 3 aromatic rings. The second kappa shape index (κ2) is 13.1. The van der Waals surface area contributed by atoms with Gasteiger partial charge in [-0.05, 0) is 79.4 Å². The minimum Gasteiger partial charge on any atom is -0.494 e. The first-order valence-corrected chi connectivity index (χ1v) is 14.5. The Kier molecular flexibility index (Phi) is 9.07. The van der Waals surface area contributed by atoms with Crippen LogP contribution in [0.1, 0.15) is 36.8 Å². The van der Waals surface area contributed by atoms with E-state index < -0.39 is 0 Å². The number of nitrogens with zero attached hydrogens (tertiary/aromatic N) is 2. The van der Waals surface area contributed by atoms with E-state index in [0.717, 1.165) is 41.1 Å². The molecule has 0 spiro atoms. The average Bonchev–Trinajstić information content (AvgIpc) is 3.25. The van der Waals surface area contributed by atoms with Gasteiger partial charge in [0.15, 0.2) is 4.32 Å². The van der Waals surface area contributed by atoms with Crippen LogP contribution in [0.4, 0.5) is 5.69 Å². The zero-order valence-corrected chi connectivity index (χ0v) is 23.1. The summed E-state index contributed by atoms with van der Waals surface area (Å²) in [5.41, 5.74) is 4.00. The molecule has 0 saturated carbocycles. The molecule has 2 saturated heterocycles. The molecule has 0 bridgehead atoms. The van der Waals surface area contributed by atoms with Crippen LogP contribution >= 0.6 is 24.0 Å². The lowest BCUT2D eigenvalue weighted by Crippen LogP contribution is -2.31. The molecule has 38 heavy (non-hydrogen) atoms. The molecule has 3 aromatic carbocycles. The average molecular weight is 541 g/mol. The minimum atomic E-state index is -0.105. The van der Waals surface area contributed by atoms with Gasteiger partial charge in [-0.15, -0.1) is 0 Å². The van der Waals surface area contributed by atoms with Crippen LogP contribution in [0.2, 0.25) is 0 Å². The Balaban J connectivity index is 1.25. The van der Waals surface area contributed by atoms with Gasteiger partial charge in [-0.25, -0.2) is 0 Å². The highest BCUT2D eigenvalue weighted by Gasteiger charge is 2.33. The monoisotopic (exact) mass is 540 g/mol. The lowest BCUT2D eigenvalue weighted by atomic mass is 9.97. The summed E-state index contributed by atoms with van der Waals surface area (Å²) in [6, 6.07) is 28.1. The molecule has 5 rings (SSSR count). The van der Waals surface area contributed by atoms with E-state index in [4.69, 9.17) is 17.0 Å². The molecular formula is C32H32N2O2S2. The fourth-order valence-electron chi connectivity index (χ4n) is 4.81. The van der Waals surface area contributed by atoms with Gasteiger partial charge in [0.1, 0.15) is 5.75 Å². The summed E-state index contributed by atoms with van der Waals surface area (Å²) >= 11 is 6.93. The second-order valence-corrected chi connectivity index (χ2v) is 11.1. The van der Waals surface area contributed by atoms with Crippen molar-refractivity contribution in [1.82, 2.24) is 4.90 Å². The molecule has 0 N–H and O–H groups in total. The maximum atomic E-state index is 13.3. The van der Waals surface area contributed by atoms with Crippen molar-refractivity contribution >= 4 is 45.5 Å². The maximum absolute atomic E-state index is 13.3. The van der Waals surface area contributed by atoms with Gasteiger partial charge >= 0.3 is 0 Å². The summed E-state index contributed by atoms with van der Waals surface area (Å²) in [6.07, 6.45) is 8.89. The standard InChI is InChI=1S/C32H32N2O2S2/c35-31-30(20-19-29(25-11-4-1-5-12-25)26-13-6-2-7-14-26)38-32(37)34(31)27-15-17-28(18-16-27)36-24-10-23-33-21-8-3-9-22-33/h1-2,4-7,11-20H,3,8-10,21-24H2. The first-order chi connectivity index (χ1) is 18.7. The van der Waals surface area contributed by atoms with Crippen LogP contribution in [0.5, 0.6) is 5.75 Å². The molecule has 2 fully saturated rings. The van der Waals surface area contributed by atoms with Gasteiger partial charge in [-0.1, -0.05) is 97.1 Å². The molecule has 194 valence electrons. The summed E-state index contributed by atoms with van der Waals surface area (Å²) in [7, 11) is 0. The number of thioether (sulfide) groups is 1. The van der Waals surface area contributed by atoms with E-state index in [1.807, 2.05) is 72.8 Å². The van der Waals surface area contributed by atoms with Gasteiger partial charge in [-0.3, -0.25) is 9.69 Å². The van der Waals surface area contributed by atoms with Gasteiger partial charge in [0.05, 0.1) is 17.2 Å². The molecule has 0 radical (unpaired) electrons. The highest BCUT2D eigenvalue weighted by Crippen LogP contribution is 2.36. The lowest BCUT2D eigenvalue weighted by Gasteiger charge is -2.26. The highest BCUT2D eigenvalue weighted by molar-refractivity contribution is 8.27. The number of likely N-dealkylation sites (tertiary alicyclic amines) is 1. The smallest absolute Gasteiger partial charge is 0.270 e. The normalized spacial score (nSPS) is 17.2. The Morgan fingerprint density at radius 3 is 2.13 bits per heavy atom. The predicted octanol–water partition coefficient (Wildman–Crippen LogP) is 7.32. The van der Waals surface area contributed by atoms with Crippen LogP contribution < -0.4 is 9.64 Å². The molecular weight excluding hydrogens is 508 g/mol. The molecule has 0 aliphatic carbocycles. The molecule has 2 aliphatic rings. The van der Waals surface area contributed by atoms with Crippen LogP contribution in [0.25, 0.3) is 5.57 Å².